The summed E-state index contributed by atoms with van der Waals surface area (Å²) in [5.74, 6) is 0.932. The molecule has 0 saturated carbocycles. The Morgan fingerprint density at radius 1 is 1.15 bits per heavy atom. The summed E-state index contributed by atoms with van der Waals surface area (Å²) in [7, 11) is 0. The molecule has 1 unspecified atom stereocenters. The molecule has 0 aliphatic rings. The van der Waals surface area contributed by atoms with Gasteiger partial charge in [-0.15, -0.1) is 0 Å². The second kappa shape index (κ2) is 7.46. The van der Waals surface area contributed by atoms with Crippen LogP contribution in [-0.2, 0) is 12.8 Å². The molecule has 0 aliphatic carbocycles. The monoisotopic (exact) mass is 333 g/mol. The summed E-state index contributed by atoms with van der Waals surface area (Å²) < 4.78 is 6.98. The Labute approximate surface area is 129 Å². The SMILES string of the molecule is CC(N)Cc1cc(Br)ccc1OCCc1ccccc1. The fourth-order valence-electron chi connectivity index (χ4n) is 2.12. The Kier molecular flexibility index (Phi) is 5.62. The summed E-state index contributed by atoms with van der Waals surface area (Å²) in [6.45, 7) is 2.69. The molecule has 0 amide bonds. The first-order valence-corrected chi connectivity index (χ1v) is 7.65. The minimum Gasteiger partial charge on any atom is -0.493 e. The molecule has 106 valence electrons. The van der Waals surface area contributed by atoms with Crippen molar-refractivity contribution in [1.82, 2.24) is 0 Å². The third-order valence-electron chi connectivity index (χ3n) is 3.06. The Bertz CT molecular complexity index is 540. The zero-order valence-electron chi connectivity index (χ0n) is 11.7. The molecule has 0 fully saturated rings. The minimum atomic E-state index is 0.126. The van der Waals surface area contributed by atoms with Crippen molar-refractivity contribution >= 4 is 15.9 Å². The van der Waals surface area contributed by atoms with Gasteiger partial charge in [-0.2, -0.15) is 0 Å². The first kappa shape index (κ1) is 15.1. The smallest absolute Gasteiger partial charge is 0.122 e. The lowest BCUT2D eigenvalue weighted by atomic mass is 10.1. The molecular formula is C17H20BrNO. The fourth-order valence-corrected chi connectivity index (χ4v) is 2.53. The van der Waals surface area contributed by atoms with Crippen LogP contribution >= 0.6 is 15.9 Å². The maximum Gasteiger partial charge on any atom is 0.122 e. The van der Waals surface area contributed by atoms with Gasteiger partial charge in [0.2, 0.25) is 0 Å². The second-order valence-electron chi connectivity index (χ2n) is 5.02. The number of benzene rings is 2. The molecule has 20 heavy (non-hydrogen) atoms. The highest BCUT2D eigenvalue weighted by atomic mass is 79.9. The molecule has 0 bridgehead atoms. The summed E-state index contributed by atoms with van der Waals surface area (Å²) in [5.41, 5.74) is 8.34. The van der Waals surface area contributed by atoms with Gasteiger partial charge in [-0.1, -0.05) is 46.3 Å². The minimum absolute atomic E-state index is 0.126. The number of ether oxygens (including phenoxy) is 1. The fraction of sp³-hybridized carbons (Fsp3) is 0.294. The van der Waals surface area contributed by atoms with Crippen molar-refractivity contribution in [1.29, 1.82) is 0 Å². The molecule has 0 radical (unpaired) electrons. The lowest BCUT2D eigenvalue weighted by molar-refractivity contribution is 0.318. The highest BCUT2D eigenvalue weighted by Gasteiger charge is 2.07. The molecule has 3 heteroatoms. The van der Waals surface area contributed by atoms with E-state index < -0.39 is 0 Å². The summed E-state index contributed by atoms with van der Waals surface area (Å²) in [6, 6.07) is 16.6. The Morgan fingerprint density at radius 2 is 1.90 bits per heavy atom. The number of rotatable bonds is 6. The maximum absolute atomic E-state index is 5.92. The average molecular weight is 334 g/mol. The van der Waals surface area contributed by atoms with Crippen LogP contribution in [0.4, 0.5) is 0 Å². The van der Waals surface area contributed by atoms with E-state index in [9.17, 15) is 0 Å². The highest BCUT2D eigenvalue weighted by molar-refractivity contribution is 9.10. The molecule has 0 heterocycles. The first-order valence-electron chi connectivity index (χ1n) is 6.86. The zero-order chi connectivity index (χ0) is 14.4. The zero-order valence-corrected chi connectivity index (χ0v) is 13.3. The van der Waals surface area contributed by atoms with Crippen molar-refractivity contribution in [3.8, 4) is 5.75 Å². The predicted octanol–water partition coefficient (Wildman–Crippen LogP) is 3.96. The Balaban J connectivity index is 1.98. The number of hydrogen-bond donors (Lipinski definition) is 1. The molecule has 0 aliphatic heterocycles. The lowest BCUT2D eigenvalue weighted by Gasteiger charge is -2.13. The largest absolute Gasteiger partial charge is 0.493 e. The van der Waals surface area contributed by atoms with Crippen LogP contribution in [0, 0.1) is 0 Å². The topological polar surface area (TPSA) is 35.2 Å². The van der Waals surface area contributed by atoms with Gasteiger partial charge in [-0.05, 0) is 42.7 Å². The van der Waals surface area contributed by atoms with Crippen molar-refractivity contribution in [3.63, 3.8) is 0 Å². The molecule has 0 saturated heterocycles. The molecule has 2 rings (SSSR count). The van der Waals surface area contributed by atoms with Crippen LogP contribution in [0.15, 0.2) is 53.0 Å². The molecule has 2 aromatic rings. The molecule has 2 nitrogen and oxygen atoms in total. The van der Waals surface area contributed by atoms with E-state index in [2.05, 4.69) is 46.3 Å². The maximum atomic E-state index is 5.92. The average Bonchev–Trinajstić information content (AvgIpc) is 2.42. The van der Waals surface area contributed by atoms with Crippen LogP contribution in [0.5, 0.6) is 5.75 Å². The third kappa shape index (κ3) is 4.66. The van der Waals surface area contributed by atoms with Crippen molar-refractivity contribution in [2.75, 3.05) is 6.61 Å². The molecule has 0 spiro atoms. The molecule has 2 N–H and O–H groups in total. The van der Waals surface area contributed by atoms with Gasteiger partial charge in [0.15, 0.2) is 0 Å². The van der Waals surface area contributed by atoms with Crippen molar-refractivity contribution in [2.45, 2.75) is 25.8 Å². The lowest BCUT2D eigenvalue weighted by Crippen LogP contribution is -2.18. The van der Waals surface area contributed by atoms with Gasteiger partial charge in [-0.25, -0.2) is 0 Å². The predicted molar refractivity (Wildman–Crippen MR) is 87.1 cm³/mol. The van der Waals surface area contributed by atoms with E-state index in [1.54, 1.807) is 0 Å². The van der Waals surface area contributed by atoms with Crippen molar-refractivity contribution in [2.24, 2.45) is 5.73 Å². The van der Waals surface area contributed by atoms with Crippen LogP contribution in [0.3, 0.4) is 0 Å². The highest BCUT2D eigenvalue weighted by Crippen LogP contribution is 2.24. The first-order chi connectivity index (χ1) is 9.65. The van der Waals surface area contributed by atoms with Crippen LogP contribution in [0.25, 0.3) is 0 Å². The van der Waals surface area contributed by atoms with E-state index >= 15 is 0 Å². The second-order valence-corrected chi connectivity index (χ2v) is 5.93. The van der Waals surface area contributed by atoms with Gasteiger partial charge in [0.1, 0.15) is 5.75 Å². The molecular weight excluding hydrogens is 314 g/mol. The van der Waals surface area contributed by atoms with Crippen molar-refractivity contribution in [3.05, 3.63) is 64.1 Å². The Morgan fingerprint density at radius 3 is 2.60 bits per heavy atom. The quantitative estimate of drug-likeness (QED) is 0.868. The van der Waals surface area contributed by atoms with Crippen LogP contribution in [-0.4, -0.2) is 12.6 Å². The van der Waals surface area contributed by atoms with E-state index in [0.29, 0.717) is 6.61 Å². The van der Waals surface area contributed by atoms with Crippen LogP contribution < -0.4 is 10.5 Å². The van der Waals surface area contributed by atoms with Crippen molar-refractivity contribution < 1.29 is 4.74 Å². The van der Waals surface area contributed by atoms with E-state index in [1.807, 2.05) is 25.1 Å². The molecule has 1 atom stereocenters. The van der Waals surface area contributed by atoms with Gasteiger partial charge in [-0.3, -0.25) is 0 Å². The summed E-state index contributed by atoms with van der Waals surface area (Å²) >= 11 is 3.49. The van der Waals surface area contributed by atoms with Gasteiger partial charge < -0.3 is 10.5 Å². The van der Waals surface area contributed by atoms with Gasteiger partial charge in [0.25, 0.3) is 0 Å². The third-order valence-corrected chi connectivity index (χ3v) is 3.55. The standard InChI is InChI=1S/C17H20BrNO/c1-13(19)11-15-12-16(18)7-8-17(15)20-10-9-14-5-3-2-4-6-14/h2-8,12-13H,9-11,19H2,1H3. The summed E-state index contributed by atoms with van der Waals surface area (Å²) in [5, 5.41) is 0. The summed E-state index contributed by atoms with van der Waals surface area (Å²) in [6.07, 6.45) is 1.73. The van der Waals surface area contributed by atoms with E-state index in [1.165, 1.54) is 5.56 Å². The summed E-state index contributed by atoms with van der Waals surface area (Å²) in [4.78, 5) is 0. The van der Waals surface area contributed by atoms with E-state index in [-0.39, 0.29) is 6.04 Å². The van der Waals surface area contributed by atoms with Gasteiger partial charge >= 0.3 is 0 Å². The van der Waals surface area contributed by atoms with E-state index in [0.717, 1.165) is 28.6 Å². The van der Waals surface area contributed by atoms with Crippen LogP contribution in [0.1, 0.15) is 18.1 Å². The Hall–Kier alpha value is -1.32. The normalized spacial score (nSPS) is 12.2. The molecule has 0 aromatic heterocycles. The van der Waals surface area contributed by atoms with Gasteiger partial charge in [0.05, 0.1) is 6.61 Å². The number of halogens is 1. The van der Waals surface area contributed by atoms with Gasteiger partial charge in [0, 0.05) is 16.9 Å². The molecule has 2 aromatic carbocycles. The number of hydrogen-bond acceptors (Lipinski definition) is 2. The van der Waals surface area contributed by atoms with E-state index in [4.69, 9.17) is 10.5 Å². The number of nitrogens with two attached hydrogens (primary N) is 1. The van der Waals surface area contributed by atoms with Crippen LogP contribution in [0.2, 0.25) is 0 Å².